The van der Waals surface area contributed by atoms with E-state index in [2.05, 4.69) is 5.32 Å². The smallest absolute Gasteiger partial charge is 0.335 e. The van der Waals surface area contributed by atoms with E-state index in [1.54, 1.807) is 42.1 Å². The van der Waals surface area contributed by atoms with Gasteiger partial charge in [-0.2, -0.15) is 0 Å². The summed E-state index contributed by atoms with van der Waals surface area (Å²) in [5.41, 5.74) is 0.179. The Bertz CT molecular complexity index is 989. The molecule has 2 aliphatic rings. The van der Waals surface area contributed by atoms with E-state index < -0.39 is 17.8 Å². The molecule has 0 spiro atoms. The Morgan fingerprint density at radius 3 is 2.50 bits per heavy atom. The van der Waals surface area contributed by atoms with Crippen molar-refractivity contribution in [2.75, 3.05) is 12.0 Å². The summed E-state index contributed by atoms with van der Waals surface area (Å²) in [5.74, 6) is -0.454. The van der Waals surface area contributed by atoms with Gasteiger partial charge in [-0.25, -0.2) is 9.69 Å². The first-order valence-electron chi connectivity index (χ1n) is 9.87. The molecule has 30 heavy (non-hydrogen) atoms. The average Bonchev–Trinajstić information content (AvgIpc) is 3.19. The van der Waals surface area contributed by atoms with Crippen molar-refractivity contribution in [2.24, 2.45) is 0 Å². The molecule has 2 fully saturated rings. The number of amides is 4. The topological polar surface area (TPSA) is 88.8 Å². The minimum Gasteiger partial charge on any atom is -0.497 e. The van der Waals surface area contributed by atoms with Crippen LogP contribution in [-0.4, -0.2) is 30.2 Å². The number of hydrogen-bond acceptors (Lipinski definition) is 6. The maximum Gasteiger partial charge on any atom is 0.335 e. The van der Waals surface area contributed by atoms with E-state index in [9.17, 15) is 14.4 Å². The number of urea groups is 1. The number of carbonyl (C=O) groups is 3. The number of anilines is 1. The van der Waals surface area contributed by atoms with Crippen LogP contribution in [0.3, 0.4) is 0 Å². The van der Waals surface area contributed by atoms with Crippen molar-refractivity contribution >= 4 is 41.4 Å². The Morgan fingerprint density at radius 1 is 1.07 bits per heavy atom. The molecular formula is C22H22N2O5S. The Labute approximate surface area is 178 Å². The molecule has 1 saturated heterocycles. The maximum atomic E-state index is 12.9. The van der Waals surface area contributed by atoms with Gasteiger partial charge in [-0.1, -0.05) is 31.0 Å². The SMILES string of the molecule is COc1ccc(N2C(=O)NC(=O)/C(=C/c3ccc(SC4CCCCC4)o3)C2=O)cc1. The zero-order chi connectivity index (χ0) is 21.1. The van der Waals surface area contributed by atoms with Crippen LogP contribution in [-0.2, 0) is 9.59 Å². The highest BCUT2D eigenvalue weighted by molar-refractivity contribution is 7.99. The van der Waals surface area contributed by atoms with Crippen LogP contribution in [0.2, 0.25) is 0 Å². The van der Waals surface area contributed by atoms with Crippen molar-refractivity contribution in [1.82, 2.24) is 5.32 Å². The second kappa shape index (κ2) is 8.79. The highest BCUT2D eigenvalue weighted by Crippen LogP contribution is 2.35. The summed E-state index contributed by atoms with van der Waals surface area (Å²) in [6.07, 6.45) is 7.47. The van der Waals surface area contributed by atoms with Gasteiger partial charge in [-0.15, -0.1) is 0 Å². The molecule has 1 aromatic carbocycles. The fraction of sp³-hybridized carbons (Fsp3) is 0.318. The zero-order valence-corrected chi connectivity index (χ0v) is 17.4. The first-order valence-corrected chi connectivity index (χ1v) is 10.7. The minimum atomic E-state index is -0.791. The largest absolute Gasteiger partial charge is 0.497 e. The van der Waals surface area contributed by atoms with Crippen molar-refractivity contribution in [2.45, 2.75) is 42.4 Å². The van der Waals surface area contributed by atoms with Crippen LogP contribution in [0, 0.1) is 0 Å². The van der Waals surface area contributed by atoms with Crippen molar-refractivity contribution in [3.8, 4) is 5.75 Å². The summed E-state index contributed by atoms with van der Waals surface area (Å²) in [5, 5.41) is 3.51. The number of thioether (sulfide) groups is 1. The molecule has 8 heteroatoms. The van der Waals surface area contributed by atoms with Crippen LogP contribution in [0.25, 0.3) is 6.08 Å². The average molecular weight is 426 g/mol. The van der Waals surface area contributed by atoms with E-state index in [4.69, 9.17) is 9.15 Å². The van der Waals surface area contributed by atoms with Gasteiger partial charge < -0.3 is 9.15 Å². The lowest BCUT2D eigenvalue weighted by Gasteiger charge is -2.26. The number of benzene rings is 1. The van der Waals surface area contributed by atoms with E-state index in [0.29, 0.717) is 22.4 Å². The van der Waals surface area contributed by atoms with Gasteiger partial charge in [0, 0.05) is 5.25 Å². The fourth-order valence-electron chi connectivity index (χ4n) is 3.59. The number of furan rings is 1. The zero-order valence-electron chi connectivity index (χ0n) is 16.6. The minimum absolute atomic E-state index is 0.158. The third-order valence-electron chi connectivity index (χ3n) is 5.16. The lowest BCUT2D eigenvalue weighted by atomic mass is 10.0. The summed E-state index contributed by atoms with van der Waals surface area (Å²) in [6.45, 7) is 0. The molecule has 1 N–H and O–H groups in total. The summed E-state index contributed by atoms with van der Waals surface area (Å²) in [6, 6.07) is 9.22. The van der Waals surface area contributed by atoms with Gasteiger partial charge in [0.15, 0.2) is 5.09 Å². The second-order valence-corrected chi connectivity index (χ2v) is 8.50. The van der Waals surface area contributed by atoms with Crippen LogP contribution in [0.4, 0.5) is 10.5 Å². The molecule has 1 aliphatic carbocycles. The van der Waals surface area contributed by atoms with E-state index in [1.165, 1.54) is 45.3 Å². The van der Waals surface area contributed by atoms with E-state index >= 15 is 0 Å². The molecule has 4 amide bonds. The van der Waals surface area contributed by atoms with E-state index in [0.717, 1.165) is 9.99 Å². The molecule has 4 rings (SSSR count). The van der Waals surface area contributed by atoms with Gasteiger partial charge in [-0.3, -0.25) is 14.9 Å². The standard InChI is InChI=1S/C22H22N2O5S/c1-28-15-9-7-14(8-10-15)24-21(26)18(20(25)23-22(24)27)13-16-11-12-19(29-16)30-17-5-3-2-4-6-17/h7-13,17H,2-6H2,1H3,(H,23,25,27)/b18-13-. The molecule has 0 bridgehead atoms. The van der Waals surface area contributed by atoms with Crippen molar-refractivity contribution in [1.29, 1.82) is 0 Å². The number of rotatable bonds is 5. The monoisotopic (exact) mass is 426 g/mol. The number of ether oxygens (including phenoxy) is 1. The number of nitrogens with one attached hydrogen (secondary N) is 1. The first kappa shape index (κ1) is 20.3. The summed E-state index contributed by atoms with van der Waals surface area (Å²) >= 11 is 1.69. The third-order valence-corrected chi connectivity index (χ3v) is 6.41. The van der Waals surface area contributed by atoms with Gasteiger partial charge in [0.25, 0.3) is 11.8 Å². The van der Waals surface area contributed by atoms with Crippen LogP contribution >= 0.6 is 11.8 Å². The van der Waals surface area contributed by atoms with E-state index in [1.807, 2.05) is 6.07 Å². The van der Waals surface area contributed by atoms with Gasteiger partial charge in [-0.05, 0) is 55.3 Å². The Hall–Kier alpha value is -3.00. The quantitative estimate of drug-likeness (QED) is 0.564. The van der Waals surface area contributed by atoms with Crippen LogP contribution in [0.15, 0.2) is 51.5 Å². The summed E-state index contributed by atoms with van der Waals surface area (Å²) < 4.78 is 10.9. The number of methoxy groups -OCH3 is 1. The van der Waals surface area contributed by atoms with Crippen LogP contribution < -0.4 is 15.0 Å². The number of carbonyl (C=O) groups excluding carboxylic acids is 3. The molecule has 1 saturated carbocycles. The van der Waals surface area contributed by atoms with Gasteiger partial charge in [0.1, 0.15) is 17.1 Å². The van der Waals surface area contributed by atoms with Crippen LogP contribution in [0.5, 0.6) is 5.75 Å². The number of barbiturate groups is 1. The molecule has 0 radical (unpaired) electrons. The molecule has 2 heterocycles. The molecule has 0 atom stereocenters. The fourth-order valence-corrected chi connectivity index (χ4v) is 4.78. The highest BCUT2D eigenvalue weighted by atomic mass is 32.2. The second-order valence-electron chi connectivity index (χ2n) is 7.19. The molecule has 2 aromatic rings. The predicted molar refractivity (Wildman–Crippen MR) is 113 cm³/mol. The predicted octanol–water partition coefficient (Wildman–Crippen LogP) is 4.38. The Balaban J connectivity index is 1.54. The Kier molecular flexibility index (Phi) is 5.94. The lowest BCUT2D eigenvalue weighted by molar-refractivity contribution is -0.122. The van der Waals surface area contributed by atoms with Gasteiger partial charge >= 0.3 is 6.03 Å². The Morgan fingerprint density at radius 2 is 1.80 bits per heavy atom. The molecule has 1 aliphatic heterocycles. The van der Waals surface area contributed by atoms with Gasteiger partial charge in [0.2, 0.25) is 0 Å². The number of imide groups is 2. The van der Waals surface area contributed by atoms with Gasteiger partial charge in [0.05, 0.1) is 12.8 Å². The molecule has 7 nitrogen and oxygen atoms in total. The third kappa shape index (κ3) is 4.28. The van der Waals surface area contributed by atoms with Crippen molar-refractivity contribution < 1.29 is 23.5 Å². The summed E-state index contributed by atoms with van der Waals surface area (Å²) in [4.78, 5) is 38.4. The van der Waals surface area contributed by atoms with Crippen LogP contribution in [0.1, 0.15) is 37.9 Å². The van der Waals surface area contributed by atoms with E-state index in [-0.39, 0.29) is 5.57 Å². The lowest BCUT2D eigenvalue weighted by Crippen LogP contribution is -2.54. The van der Waals surface area contributed by atoms with Crippen molar-refractivity contribution in [3.63, 3.8) is 0 Å². The maximum absolute atomic E-state index is 12.9. The molecule has 0 unspecified atom stereocenters. The first-order chi connectivity index (χ1) is 14.5. The van der Waals surface area contributed by atoms with Crippen molar-refractivity contribution in [3.05, 3.63) is 47.7 Å². The normalized spacial score (nSPS) is 19.3. The number of hydrogen-bond donors (Lipinski definition) is 1. The highest BCUT2D eigenvalue weighted by Gasteiger charge is 2.37. The summed E-state index contributed by atoms with van der Waals surface area (Å²) in [7, 11) is 1.53. The molecule has 1 aromatic heterocycles. The number of nitrogens with zero attached hydrogens (tertiary/aromatic N) is 1. The molecular weight excluding hydrogens is 404 g/mol. The molecule has 156 valence electrons.